The maximum Gasteiger partial charge on any atom is 0.102 e. The second kappa shape index (κ2) is 9.68. The number of nitrogens with one attached hydrogen (secondary N) is 2. The minimum Gasteiger partial charge on any atom is -0.383 e. The molecule has 1 rings (SSSR count). The third kappa shape index (κ3) is 5.52. The average Bonchev–Trinajstić information content (AvgIpc) is 2.43. The molecule has 0 amide bonds. The van der Waals surface area contributed by atoms with Crippen molar-refractivity contribution in [3.63, 3.8) is 0 Å². The predicted octanol–water partition coefficient (Wildman–Crippen LogP) is 2.32. The van der Waals surface area contributed by atoms with E-state index in [0.717, 1.165) is 41.5 Å². The molecule has 0 radical (unpaired) electrons. The minimum atomic E-state index is 0.714. The molecule has 0 spiro atoms. The standard InChI is InChI=1S/C14H21N3OS/c1-3-19-14-6-4-5-13(12(14)11-15)17-8-7-16-9-10-18-2/h4-6,16-17H,3,7-10H2,1-2H3. The number of methoxy groups -OCH3 is 1. The summed E-state index contributed by atoms with van der Waals surface area (Å²) in [5.74, 6) is 0.969. The Morgan fingerprint density at radius 3 is 2.84 bits per heavy atom. The van der Waals surface area contributed by atoms with Crippen molar-refractivity contribution >= 4 is 17.4 Å². The Morgan fingerprint density at radius 2 is 2.16 bits per heavy atom. The van der Waals surface area contributed by atoms with Crippen LogP contribution in [0.2, 0.25) is 0 Å². The van der Waals surface area contributed by atoms with E-state index in [9.17, 15) is 5.26 Å². The Labute approximate surface area is 119 Å². The molecule has 0 aromatic heterocycles. The van der Waals surface area contributed by atoms with E-state index in [-0.39, 0.29) is 0 Å². The van der Waals surface area contributed by atoms with Crippen molar-refractivity contribution in [1.29, 1.82) is 5.26 Å². The predicted molar refractivity (Wildman–Crippen MR) is 80.8 cm³/mol. The molecule has 0 unspecified atom stereocenters. The average molecular weight is 279 g/mol. The first-order valence-electron chi connectivity index (χ1n) is 6.43. The highest BCUT2D eigenvalue weighted by Gasteiger charge is 2.07. The lowest BCUT2D eigenvalue weighted by Gasteiger charge is -2.11. The monoisotopic (exact) mass is 279 g/mol. The van der Waals surface area contributed by atoms with Crippen molar-refractivity contribution < 1.29 is 4.74 Å². The zero-order valence-electron chi connectivity index (χ0n) is 11.5. The number of rotatable bonds is 9. The molecule has 0 aliphatic rings. The largest absolute Gasteiger partial charge is 0.383 e. The van der Waals surface area contributed by atoms with Crippen molar-refractivity contribution in [2.24, 2.45) is 0 Å². The van der Waals surface area contributed by atoms with Gasteiger partial charge in [-0.05, 0) is 17.9 Å². The second-order valence-corrected chi connectivity index (χ2v) is 5.20. The lowest BCUT2D eigenvalue weighted by molar-refractivity contribution is 0.200. The van der Waals surface area contributed by atoms with Crippen LogP contribution in [0.3, 0.4) is 0 Å². The number of benzene rings is 1. The van der Waals surface area contributed by atoms with Crippen LogP contribution in [0.1, 0.15) is 12.5 Å². The van der Waals surface area contributed by atoms with Gasteiger partial charge in [0.2, 0.25) is 0 Å². The Kier molecular flexibility index (Phi) is 8.07. The van der Waals surface area contributed by atoms with E-state index in [1.165, 1.54) is 0 Å². The molecule has 0 saturated heterocycles. The normalized spacial score (nSPS) is 10.2. The molecule has 0 aliphatic heterocycles. The van der Waals surface area contributed by atoms with Crippen LogP contribution in [0.5, 0.6) is 0 Å². The van der Waals surface area contributed by atoms with Gasteiger partial charge in [0.15, 0.2) is 0 Å². The van der Waals surface area contributed by atoms with Gasteiger partial charge in [-0.25, -0.2) is 0 Å². The maximum absolute atomic E-state index is 9.26. The molecule has 2 N–H and O–H groups in total. The van der Waals surface area contributed by atoms with Gasteiger partial charge in [0.1, 0.15) is 6.07 Å². The van der Waals surface area contributed by atoms with Crippen LogP contribution in [0, 0.1) is 11.3 Å². The zero-order chi connectivity index (χ0) is 13.9. The highest BCUT2D eigenvalue weighted by Crippen LogP contribution is 2.27. The number of nitrogens with zero attached hydrogens (tertiary/aromatic N) is 1. The van der Waals surface area contributed by atoms with Gasteiger partial charge in [-0.15, -0.1) is 11.8 Å². The molecule has 0 atom stereocenters. The van der Waals surface area contributed by atoms with Crippen molar-refractivity contribution in [1.82, 2.24) is 5.32 Å². The lowest BCUT2D eigenvalue weighted by atomic mass is 10.2. The SMILES string of the molecule is CCSc1cccc(NCCNCCOC)c1C#N. The van der Waals surface area contributed by atoms with E-state index in [1.807, 2.05) is 18.2 Å². The molecule has 1 aromatic rings. The molecule has 1 aromatic carbocycles. The van der Waals surface area contributed by atoms with Crippen LogP contribution in [0.15, 0.2) is 23.1 Å². The molecule has 104 valence electrons. The summed E-state index contributed by atoms with van der Waals surface area (Å²) >= 11 is 1.70. The summed E-state index contributed by atoms with van der Waals surface area (Å²) < 4.78 is 4.96. The number of hydrogen-bond donors (Lipinski definition) is 2. The van der Waals surface area contributed by atoms with E-state index in [0.29, 0.717) is 6.61 Å². The van der Waals surface area contributed by atoms with Gasteiger partial charge < -0.3 is 15.4 Å². The van der Waals surface area contributed by atoms with Crippen molar-refractivity contribution in [2.75, 3.05) is 44.4 Å². The van der Waals surface area contributed by atoms with Gasteiger partial charge in [-0.3, -0.25) is 0 Å². The molecule has 4 nitrogen and oxygen atoms in total. The summed E-state index contributed by atoms with van der Waals surface area (Å²) in [5.41, 5.74) is 1.65. The van der Waals surface area contributed by atoms with Crippen LogP contribution in [0.4, 0.5) is 5.69 Å². The summed E-state index contributed by atoms with van der Waals surface area (Å²) in [6.45, 7) is 5.28. The van der Waals surface area contributed by atoms with Crippen molar-refractivity contribution in [3.05, 3.63) is 23.8 Å². The van der Waals surface area contributed by atoms with Crippen LogP contribution in [-0.4, -0.2) is 39.1 Å². The quantitative estimate of drug-likeness (QED) is 0.536. The van der Waals surface area contributed by atoms with Gasteiger partial charge in [0.25, 0.3) is 0 Å². The van der Waals surface area contributed by atoms with Gasteiger partial charge in [0, 0.05) is 31.6 Å². The first-order valence-corrected chi connectivity index (χ1v) is 7.41. The van der Waals surface area contributed by atoms with Gasteiger partial charge in [-0.2, -0.15) is 5.26 Å². The van der Waals surface area contributed by atoms with E-state index in [1.54, 1.807) is 18.9 Å². The fraction of sp³-hybridized carbons (Fsp3) is 0.500. The Hall–Kier alpha value is -1.22. The number of hydrogen-bond acceptors (Lipinski definition) is 5. The Bertz CT molecular complexity index is 418. The summed E-state index contributed by atoms with van der Waals surface area (Å²) in [5, 5.41) is 15.8. The fourth-order valence-electron chi connectivity index (χ4n) is 1.65. The first kappa shape index (κ1) is 15.8. The molecular formula is C14H21N3OS. The maximum atomic E-state index is 9.26. The fourth-order valence-corrected chi connectivity index (χ4v) is 2.44. The number of anilines is 1. The van der Waals surface area contributed by atoms with Gasteiger partial charge in [-0.1, -0.05) is 13.0 Å². The third-order valence-electron chi connectivity index (χ3n) is 2.54. The van der Waals surface area contributed by atoms with Crippen molar-refractivity contribution in [2.45, 2.75) is 11.8 Å². The highest BCUT2D eigenvalue weighted by molar-refractivity contribution is 7.99. The van der Waals surface area contributed by atoms with Crippen LogP contribution in [-0.2, 0) is 4.74 Å². The first-order chi connectivity index (χ1) is 9.33. The van der Waals surface area contributed by atoms with E-state index >= 15 is 0 Å². The molecule has 0 saturated carbocycles. The van der Waals surface area contributed by atoms with Crippen LogP contribution < -0.4 is 10.6 Å². The molecule has 0 fully saturated rings. The highest BCUT2D eigenvalue weighted by atomic mass is 32.2. The van der Waals surface area contributed by atoms with Crippen molar-refractivity contribution in [3.8, 4) is 6.07 Å². The molecule has 0 aliphatic carbocycles. The number of thioether (sulfide) groups is 1. The Balaban J connectivity index is 2.49. The van der Waals surface area contributed by atoms with E-state index in [2.05, 4.69) is 23.6 Å². The summed E-state index contributed by atoms with van der Waals surface area (Å²) in [6, 6.07) is 8.22. The lowest BCUT2D eigenvalue weighted by Crippen LogP contribution is -2.25. The van der Waals surface area contributed by atoms with Crippen LogP contribution >= 0.6 is 11.8 Å². The topological polar surface area (TPSA) is 57.1 Å². The molecule has 5 heteroatoms. The molecule has 0 bridgehead atoms. The smallest absolute Gasteiger partial charge is 0.102 e. The molecular weight excluding hydrogens is 258 g/mol. The third-order valence-corrected chi connectivity index (χ3v) is 3.48. The van der Waals surface area contributed by atoms with E-state index in [4.69, 9.17) is 4.74 Å². The number of nitriles is 1. The van der Waals surface area contributed by atoms with Gasteiger partial charge >= 0.3 is 0 Å². The summed E-state index contributed by atoms with van der Waals surface area (Å²) in [4.78, 5) is 1.04. The summed E-state index contributed by atoms with van der Waals surface area (Å²) in [7, 11) is 1.69. The van der Waals surface area contributed by atoms with Crippen LogP contribution in [0.25, 0.3) is 0 Å². The zero-order valence-corrected chi connectivity index (χ0v) is 12.3. The minimum absolute atomic E-state index is 0.714. The van der Waals surface area contributed by atoms with E-state index < -0.39 is 0 Å². The Morgan fingerprint density at radius 1 is 1.32 bits per heavy atom. The van der Waals surface area contributed by atoms with Gasteiger partial charge in [0.05, 0.1) is 17.9 Å². The molecule has 19 heavy (non-hydrogen) atoms. The number of ether oxygens (including phenoxy) is 1. The summed E-state index contributed by atoms with van der Waals surface area (Å²) in [6.07, 6.45) is 0. The molecule has 0 heterocycles. The second-order valence-electron chi connectivity index (χ2n) is 3.89.